The Morgan fingerprint density at radius 3 is 2.17 bits per heavy atom. The van der Waals surface area contributed by atoms with Crippen molar-refractivity contribution < 1.29 is 29.0 Å². The van der Waals surface area contributed by atoms with Gasteiger partial charge in [0.05, 0.1) is 6.61 Å². The Hall–Kier alpha value is -0.516. The summed E-state index contributed by atoms with van der Waals surface area (Å²) in [7, 11) is -3.92. The van der Waals surface area contributed by atoms with Crippen LogP contribution in [0, 0.1) is 0 Å². The van der Waals surface area contributed by atoms with Crippen molar-refractivity contribution in [1.29, 1.82) is 0 Å². The molecule has 0 saturated heterocycles. The third-order valence-electron chi connectivity index (χ3n) is 3.03. The van der Waals surface area contributed by atoms with E-state index >= 15 is 0 Å². The summed E-state index contributed by atoms with van der Waals surface area (Å²) < 4.78 is 11.2. The highest BCUT2D eigenvalue weighted by Gasteiger charge is 2.39. The number of aliphatic hydroxyl groups excluding tert-OH is 2. The van der Waals surface area contributed by atoms with Gasteiger partial charge in [-0.15, -0.1) is 0 Å². The Morgan fingerprint density at radius 1 is 1.26 bits per heavy atom. The van der Waals surface area contributed by atoms with E-state index in [1.807, 2.05) is 13.1 Å². The smallest absolute Gasteiger partial charge is 0.335 e. The number of esters is 1. The fraction of sp³-hybridized carbons (Fsp3) is 0.800. The number of ether oxygens (including phenoxy) is 1. The maximum absolute atomic E-state index is 12.2. The van der Waals surface area contributed by atoms with E-state index < -0.39 is 41.1 Å². The predicted molar refractivity (Wildman–Crippen MR) is 94.7 cm³/mol. The topological polar surface area (TPSA) is 96.2 Å². The maximum Gasteiger partial charge on any atom is 0.335 e. The highest BCUT2D eigenvalue weighted by molar-refractivity contribution is 6.87. The minimum atomic E-state index is -2.19. The van der Waals surface area contributed by atoms with Gasteiger partial charge in [-0.05, 0) is 46.1 Å². The van der Waals surface area contributed by atoms with Crippen molar-refractivity contribution in [2.24, 2.45) is 0 Å². The van der Waals surface area contributed by atoms with Crippen molar-refractivity contribution >= 4 is 22.6 Å². The third-order valence-corrected chi connectivity index (χ3v) is 8.71. The highest BCUT2D eigenvalue weighted by Crippen LogP contribution is 2.23. The lowest BCUT2D eigenvalue weighted by Crippen LogP contribution is -2.48. The molecule has 0 radical (unpaired) electrons. The van der Waals surface area contributed by atoms with E-state index in [4.69, 9.17) is 14.0 Å². The summed E-state index contributed by atoms with van der Waals surface area (Å²) in [5.74, 6) is -2.80. The van der Waals surface area contributed by atoms with E-state index in [1.54, 1.807) is 19.5 Å². The van der Waals surface area contributed by atoms with Crippen LogP contribution in [0.3, 0.4) is 0 Å². The number of aliphatic hydroxyl groups is 3. The van der Waals surface area contributed by atoms with Crippen LogP contribution in [-0.2, 0) is 13.6 Å². The molecule has 6 nitrogen and oxygen atoms in total. The molecule has 0 fully saturated rings. The van der Waals surface area contributed by atoms with Gasteiger partial charge in [0.25, 0.3) is 0 Å². The largest absolute Gasteiger partial charge is 0.453 e. The summed E-state index contributed by atoms with van der Waals surface area (Å²) in [6.07, 6.45) is -1.01. The molecular formula is C15H32O6Si2. The van der Waals surface area contributed by atoms with E-state index in [0.29, 0.717) is 12.0 Å². The first kappa shape index (κ1) is 22.5. The van der Waals surface area contributed by atoms with Crippen LogP contribution in [0.5, 0.6) is 0 Å². The second kappa shape index (κ2) is 8.54. The van der Waals surface area contributed by atoms with Crippen LogP contribution in [0.4, 0.5) is 0 Å². The summed E-state index contributed by atoms with van der Waals surface area (Å²) >= 11 is 0. The van der Waals surface area contributed by atoms with E-state index in [1.165, 1.54) is 0 Å². The van der Waals surface area contributed by atoms with Crippen LogP contribution in [0.15, 0.2) is 11.3 Å². The number of hydrogen-bond acceptors (Lipinski definition) is 6. The van der Waals surface area contributed by atoms with E-state index in [9.17, 15) is 15.0 Å². The Morgan fingerprint density at radius 2 is 1.78 bits per heavy atom. The average Bonchev–Trinajstić information content (AvgIpc) is 2.34. The van der Waals surface area contributed by atoms with Crippen molar-refractivity contribution in [2.75, 3.05) is 6.61 Å². The lowest BCUT2D eigenvalue weighted by atomic mass is 10.0. The van der Waals surface area contributed by atoms with Crippen molar-refractivity contribution in [3.63, 3.8) is 0 Å². The predicted octanol–water partition coefficient (Wildman–Crippen LogP) is 1.91. The highest BCUT2D eigenvalue weighted by atomic mass is 28.4. The third kappa shape index (κ3) is 8.23. The lowest BCUT2D eigenvalue weighted by molar-refractivity contribution is -0.253. The van der Waals surface area contributed by atoms with Crippen LogP contribution >= 0.6 is 0 Å². The second-order valence-electron chi connectivity index (χ2n) is 7.33. The van der Waals surface area contributed by atoms with Gasteiger partial charge >= 0.3 is 5.97 Å². The van der Waals surface area contributed by atoms with E-state index in [2.05, 4.69) is 19.6 Å². The lowest BCUT2D eigenvalue weighted by Gasteiger charge is -2.32. The molecule has 23 heavy (non-hydrogen) atoms. The standard InChI is InChI=1S/C15H32O6Si2/c1-8-9-15(19,13(17)10-16)20-14(18)12(2)11-23(6,7)21-22(3,4)5/h11,13,16-17,19H,8-10H2,1-7H3/b12-11+. The van der Waals surface area contributed by atoms with Gasteiger partial charge in [0, 0.05) is 12.0 Å². The molecule has 0 aliphatic rings. The first-order valence-corrected chi connectivity index (χ1v) is 14.3. The van der Waals surface area contributed by atoms with Crippen LogP contribution < -0.4 is 0 Å². The molecule has 0 saturated carbocycles. The molecule has 136 valence electrons. The average molecular weight is 365 g/mol. The van der Waals surface area contributed by atoms with Gasteiger partial charge in [0.2, 0.25) is 5.79 Å². The summed E-state index contributed by atoms with van der Waals surface area (Å²) in [4.78, 5) is 12.2. The summed E-state index contributed by atoms with van der Waals surface area (Å²) in [5.41, 5.74) is 2.12. The molecule has 0 aromatic heterocycles. The molecule has 3 N–H and O–H groups in total. The number of hydrogen-bond donors (Lipinski definition) is 3. The van der Waals surface area contributed by atoms with Crippen LogP contribution in [-0.4, -0.2) is 56.4 Å². The van der Waals surface area contributed by atoms with Gasteiger partial charge < -0.3 is 24.2 Å². The molecule has 0 amide bonds. The fourth-order valence-corrected chi connectivity index (χ4v) is 10.1. The maximum atomic E-state index is 12.2. The van der Waals surface area contributed by atoms with E-state index in [0.717, 1.165) is 0 Å². The normalized spacial score (nSPS) is 17.6. The number of carbonyl (C=O) groups excluding carboxylic acids is 1. The molecule has 0 heterocycles. The van der Waals surface area contributed by atoms with Crippen LogP contribution in [0.2, 0.25) is 32.7 Å². The zero-order valence-corrected chi connectivity index (χ0v) is 17.3. The van der Waals surface area contributed by atoms with E-state index in [-0.39, 0.29) is 6.42 Å². The Labute approximate surface area is 141 Å². The minimum absolute atomic E-state index is 0.0416. The number of carbonyl (C=O) groups is 1. The molecule has 8 heteroatoms. The molecule has 0 aliphatic heterocycles. The summed E-state index contributed by atoms with van der Waals surface area (Å²) in [6.45, 7) is 12.9. The molecule has 0 bridgehead atoms. The first-order valence-electron chi connectivity index (χ1n) is 7.90. The van der Waals surface area contributed by atoms with Gasteiger partial charge in [-0.25, -0.2) is 4.79 Å². The Bertz CT molecular complexity index is 430. The van der Waals surface area contributed by atoms with Crippen LogP contribution in [0.1, 0.15) is 26.7 Å². The SMILES string of the molecule is CCCC(O)(OC(=O)/C(C)=C/[Si](C)(C)O[Si](C)(C)C)C(O)CO. The monoisotopic (exact) mass is 364 g/mol. The van der Waals surface area contributed by atoms with Crippen molar-refractivity contribution in [3.8, 4) is 0 Å². The van der Waals surface area contributed by atoms with Crippen molar-refractivity contribution in [3.05, 3.63) is 11.3 Å². The van der Waals surface area contributed by atoms with Gasteiger partial charge in [-0.2, -0.15) is 0 Å². The van der Waals surface area contributed by atoms with Gasteiger partial charge in [-0.1, -0.05) is 12.6 Å². The zero-order chi connectivity index (χ0) is 18.5. The molecule has 0 aromatic carbocycles. The molecule has 0 spiro atoms. The molecular weight excluding hydrogens is 332 g/mol. The van der Waals surface area contributed by atoms with Crippen molar-refractivity contribution in [2.45, 2.75) is 71.3 Å². The molecule has 0 aromatic rings. The molecule has 2 atom stereocenters. The molecule has 0 rings (SSSR count). The van der Waals surface area contributed by atoms with Gasteiger partial charge in [0.1, 0.15) is 6.10 Å². The second-order valence-corrected chi connectivity index (χ2v) is 15.9. The zero-order valence-electron chi connectivity index (χ0n) is 15.3. The Kier molecular flexibility index (Phi) is 8.35. The minimum Gasteiger partial charge on any atom is -0.453 e. The molecule has 0 aliphatic carbocycles. The summed E-state index contributed by atoms with van der Waals surface area (Å²) in [5, 5.41) is 29.0. The molecule has 2 unspecified atom stereocenters. The van der Waals surface area contributed by atoms with Crippen molar-refractivity contribution in [1.82, 2.24) is 0 Å². The fourth-order valence-electron chi connectivity index (χ4n) is 2.43. The summed E-state index contributed by atoms with van der Waals surface area (Å²) in [6, 6.07) is 0. The van der Waals surface area contributed by atoms with Crippen LogP contribution in [0.25, 0.3) is 0 Å². The quantitative estimate of drug-likeness (QED) is 0.250. The first-order chi connectivity index (χ1) is 10.3. The Balaban J connectivity index is 5.17. The van der Waals surface area contributed by atoms with Gasteiger partial charge in [0.15, 0.2) is 16.6 Å². The van der Waals surface area contributed by atoms with Gasteiger partial charge in [-0.3, -0.25) is 0 Å². The number of rotatable bonds is 9.